The molecule has 0 radical (unpaired) electrons. The smallest absolute Gasteiger partial charge is 0.380 e. The van der Waals surface area contributed by atoms with Crippen molar-refractivity contribution in [3.8, 4) is 5.75 Å². The van der Waals surface area contributed by atoms with E-state index in [1.807, 2.05) is 0 Å². The van der Waals surface area contributed by atoms with Crippen LogP contribution in [0.2, 0.25) is 0 Å². The standard InChI is InChI=1S/C20H14F6N2OS2/c1-9-8-28-16(30-9)13-12(18(21,22)20(25,26)19(13,23)24)14-17(28,2)31-15(27-14)10-4-6-11(29-3)7-5-10/h4-8H,1-3H3. The van der Waals surface area contributed by atoms with Crippen LogP contribution in [0.1, 0.15) is 19.4 Å². The van der Waals surface area contributed by atoms with Gasteiger partial charge in [-0.2, -0.15) is 26.3 Å². The Kier molecular flexibility index (Phi) is 4.08. The minimum Gasteiger partial charge on any atom is -0.497 e. The lowest BCUT2D eigenvalue weighted by Gasteiger charge is -2.40. The van der Waals surface area contributed by atoms with Gasteiger partial charge in [-0.1, -0.05) is 23.5 Å². The maximum atomic E-state index is 14.9. The van der Waals surface area contributed by atoms with Gasteiger partial charge in [-0.05, 0) is 38.1 Å². The van der Waals surface area contributed by atoms with Crippen LogP contribution in [0.3, 0.4) is 0 Å². The number of hydrogen-bond donors (Lipinski definition) is 0. The molecule has 3 nitrogen and oxygen atoms in total. The second-order valence-corrected chi connectivity index (χ2v) is 10.2. The Morgan fingerprint density at radius 3 is 2.19 bits per heavy atom. The summed E-state index contributed by atoms with van der Waals surface area (Å²) < 4.78 is 93.1. The summed E-state index contributed by atoms with van der Waals surface area (Å²) in [4.78, 5) is 4.72. The van der Waals surface area contributed by atoms with Crippen LogP contribution in [-0.4, -0.2) is 39.7 Å². The summed E-state index contributed by atoms with van der Waals surface area (Å²) in [6.07, 6.45) is 1.51. The lowest BCUT2D eigenvalue weighted by molar-refractivity contribution is -0.258. The first-order valence-corrected chi connectivity index (χ1v) is 10.7. The van der Waals surface area contributed by atoms with E-state index >= 15 is 0 Å². The molecule has 0 spiro atoms. The number of hydrogen-bond acceptors (Lipinski definition) is 5. The summed E-state index contributed by atoms with van der Waals surface area (Å²) in [5, 5.41) is -0.0372. The maximum Gasteiger partial charge on any atom is 0.380 e. The molecule has 4 aliphatic rings. The van der Waals surface area contributed by atoms with Crippen molar-refractivity contribution in [3.63, 3.8) is 0 Å². The van der Waals surface area contributed by atoms with Crippen molar-refractivity contribution in [2.45, 2.75) is 36.5 Å². The molecule has 1 aromatic rings. The van der Waals surface area contributed by atoms with Gasteiger partial charge in [0, 0.05) is 16.7 Å². The van der Waals surface area contributed by atoms with Crippen LogP contribution in [0.25, 0.3) is 0 Å². The summed E-state index contributed by atoms with van der Waals surface area (Å²) in [7, 11) is 1.48. The third-order valence-electron chi connectivity index (χ3n) is 5.65. The Morgan fingerprint density at radius 1 is 0.968 bits per heavy atom. The van der Waals surface area contributed by atoms with Gasteiger partial charge in [0.2, 0.25) is 0 Å². The lowest BCUT2D eigenvalue weighted by Crippen LogP contribution is -2.47. The van der Waals surface area contributed by atoms with Crippen molar-refractivity contribution >= 4 is 28.6 Å². The van der Waals surface area contributed by atoms with Crippen LogP contribution in [0.4, 0.5) is 26.3 Å². The lowest BCUT2D eigenvalue weighted by atomic mass is 9.96. The van der Waals surface area contributed by atoms with Gasteiger partial charge in [0.15, 0.2) is 0 Å². The van der Waals surface area contributed by atoms with Crippen molar-refractivity contribution < 1.29 is 31.1 Å². The maximum absolute atomic E-state index is 14.9. The number of thioether (sulfide) groups is 2. The zero-order chi connectivity index (χ0) is 22.6. The fourth-order valence-corrected chi connectivity index (χ4v) is 6.50. The highest BCUT2D eigenvalue weighted by Gasteiger charge is 2.84. The number of benzene rings is 1. The molecule has 164 valence electrons. The molecule has 1 saturated carbocycles. The van der Waals surface area contributed by atoms with E-state index < -0.39 is 39.5 Å². The van der Waals surface area contributed by atoms with Gasteiger partial charge >= 0.3 is 17.8 Å². The first kappa shape index (κ1) is 20.9. The van der Waals surface area contributed by atoms with Gasteiger partial charge in [0.05, 0.1) is 29.0 Å². The average molecular weight is 476 g/mol. The van der Waals surface area contributed by atoms with E-state index in [-0.39, 0.29) is 10.1 Å². The highest BCUT2D eigenvalue weighted by atomic mass is 32.2. The molecule has 0 aromatic heterocycles. The van der Waals surface area contributed by atoms with Gasteiger partial charge < -0.3 is 9.64 Å². The zero-order valence-corrected chi connectivity index (χ0v) is 17.9. The summed E-state index contributed by atoms with van der Waals surface area (Å²) >= 11 is 1.84. The van der Waals surface area contributed by atoms with Crippen molar-refractivity contribution in [3.05, 3.63) is 62.8 Å². The van der Waals surface area contributed by atoms with Crippen LogP contribution < -0.4 is 4.74 Å². The van der Waals surface area contributed by atoms with Gasteiger partial charge in [-0.25, -0.2) is 4.99 Å². The van der Waals surface area contributed by atoms with Gasteiger partial charge in [-0.3, -0.25) is 0 Å². The average Bonchev–Trinajstić information content (AvgIpc) is 3.29. The first-order valence-electron chi connectivity index (χ1n) is 9.08. The highest BCUT2D eigenvalue weighted by molar-refractivity contribution is 8.16. The summed E-state index contributed by atoms with van der Waals surface area (Å²) in [5.41, 5.74) is -2.66. The van der Waals surface area contributed by atoms with E-state index in [1.165, 1.54) is 25.1 Å². The normalized spacial score (nSPS) is 29.5. The molecule has 1 atom stereocenters. The van der Waals surface area contributed by atoms with E-state index in [1.54, 1.807) is 31.2 Å². The number of halogens is 6. The summed E-state index contributed by atoms with van der Waals surface area (Å²) in [5.74, 6) is -15.1. The zero-order valence-electron chi connectivity index (χ0n) is 16.3. The van der Waals surface area contributed by atoms with Gasteiger partial charge in [-0.15, -0.1) is 0 Å². The topological polar surface area (TPSA) is 24.8 Å². The largest absolute Gasteiger partial charge is 0.497 e. The van der Waals surface area contributed by atoms with Crippen LogP contribution >= 0.6 is 23.5 Å². The second-order valence-electron chi connectivity index (χ2n) is 7.57. The number of nitrogens with zero attached hydrogens (tertiary/aromatic N) is 2. The molecular formula is C20H14F6N2OS2. The molecule has 0 bridgehead atoms. The minimum absolute atomic E-state index is 0.269. The molecule has 3 aliphatic heterocycles. The molecule has 5 rings (SSSR count). The molecule has 1 aliphatic carbocycles. The fraction of sp³-hybridized carbons (Fsp3) is 0.350. The molecular weight excluding hydrogens is 462 g/mol. The Labute approximate surface area is 181 Å². The van der Waals surface area contributed by atoms with E-state index in [0.717, 1.165) is 23.5 Å². The number of fused-ring (bicyclic) bond motifs is 4. The summed E-state index contributed by atoms with van der Waals surface area (Å²) in [6.45, 7) is 3.13. The van der Waals surface area contributed by atoms with E-state index in [9.17, 15) is 26.3 Å². The van der Waals surface area contributed by atoms with Crippen LogP contribution in [0, 0.1) is 0 Å². The Hall–Kier alpha value is -2.01. The molecule has 31 heavy (non-hydrogen) atoms. The number of methoxy groups -OCH3 is 1. The van der Waals surface area contributed by atoms with Crippen LogP contribution in [0.5, 0.6) is 5.75 Å². The second kappa shape index (κ2) is 6.06. The van der Waals surface area contributed by atoms with Gasteiger partial charge in [0.1, 0.15) is 15.7 Å². The monoisotopic (exact) mass is 476 g/mol. The predicted octanol–water partition coefficient (Wildman–Crippen LogP) is 6.21. The van der Waals surface area contributed by atoms with E-state index in [2.05, 4.69) is 4.99 Å². The van der Waals surface area contributed by atoms with Crippen LogP contribution in [-0.2, 0) is 0 Å². The molecule has 1 fully saturated rings. The van der Waals surface area contributed by atoms with E-state index in [0.29, 0.717) is 16.2 Å². The third kappa shape index (κ3) is 2.39. The van der Waals surface area contributed by atoms with Gasteiger partial charge in [0.25, 0.3) is 0 Å². The number of ether oxygens (including phenoxy) is 1. The summed E-state index contributed by atoms with van der Waals surface area (Å²) in [6, 6.07) is 6.55. The number of aliphatic imine (C=N–C) groups is 1. The molecule has 1 unspecified atom stereocenters. The fourth-order valence-electron chi connectivity index (χ4n) is 4.06. The first-order chi connectivity index (χ1) is 14.4. The van der Waals surface area contributed by atoms with E-state index in [4.69, 9.17) is 4.74 Å². The van der Waals surface area contributed by atoms with Crippen molar-refractivity contribution in [2.75, 3.05) is 7.11 Å². The predicted molar refractivity (Wildman–Crippen MR) is 108 cm³/mol. The van der Waals surface area contributed by atoms with Crippen molar-refractivity contribution in [1.29, 1.82) is 0 Å². The Bertz CT molecular complexity index is 1140. The van der Waals surface area contributed by atoms with Crippen molar-refractivity contribution in [2.24, 2.45) is 4.99 Å². The third-order valence-corrected chi connectivity index (χ3v) is 7.98. The molecule has 0 saturated heterocycles. The number of alkyl halides is 6. The molecule has 11 heteroatoms. The molecule has 0 N–H and O–H groups in total. The number of allylic oxidation sites excluding steroid dienone is 3. The van der Waals surface area contributed by atoms with Crippen molar-refractivity contribution in [1.82, 2.24) is 4.90 Å². The number of rotatable bonds is 2. The molecule has 1 aromatic carbocycles. The minimum atomic E-state index is -5.57. The highest BCUT2D eigenvalue weighted by Crippen LogP contribution is 2.70. The molecule has 3 heterocycles. The Morgan fingerprint density at radius 2 is 1.58 bits per heavy atom. The molecule has 0 amide bonds. The van der Waals surface area contributed by atoms with Crippen LogP contribution in [0.15, 0.2) is 62.2 Å². The quantitative estimate of drug-likeness (QED) is 0.474. The Balaban J connectivity index is 1.78. The SMILES string of the molecule is COc1ccc(C2=NC3=C4C(=C5SC(C)=CN5C3(C)S2)C(F)(F)C(F)(F)C4(F)F)cc1.